The van der Waals surface area contributed by atoms with Gasteiger partial charge in [0.05, 0.1) is 0 Å². The van der Waals surface area contributed by atoms with Gasteiger partial charge in [-0.15, -0.1) is 0 Å². The molecule has 0 saturated carbocycles. The van der Waals surface area contributed by atoms with Crippen molar-refractivity contribution >= 4 is 40.9 Å². The van der Waals surface area contributed by atoms with Crippen molar-refractivity contribution in [2.24, 2.45) is 5.92 Å². The molecule has 21 heavy (non-hydrogen) atoms. The van der Waals surface area contributed by atoms with Gasteiger partial charge in [-0.1, -0.05) is 37.6 Å². The minimum Gasteiger partial charge on any atom is -0.361 e. The number of carbonyl (C=O) groups is 1. The SMILES string of the molecule is CC(C)CCNC(=S)NNC(=O)/C=C/c1cccc(Cl)c1. The summed E-state index contributed by atoms with van der Waals surface area (Å²) < 4.78 is 0. The first-order valence-electron chi connectivity index (χ1n) is 6.75. The molecule has 1 aromatic carbocycles. The van der Waals surface area contributed by atoms with Crippen LogP contribution >= 0.6 is 23.8 Å². The summed E-state index contributed by atoms with van der Waals surface area (Å²) in [5, 5.41) is 4.05. The molecule has 1 aromatic rings. The highest BCUT2D eigenvalue weighted by atomic mass is 35.5. The second-order valence-electron chi connectivity index (χ2n) is 4.94. The van der Waals surface area contributed by atoms with Crippen LogP contribution in [0.1, 0.15) is 25.8 Å². The van der Waals surface area contributed by atoms with E-state index in [0.29, 0.717) is 16.1 Å². The normalized spacial score (nSPS) is 10.7. The number of hydrazine groups is 1. The van der Waals surface area contributed by atoms with Gasteiger partial charge in [-0.3, -0.25) is 15.6 Å². The van der Waals surface area contributed by atoms with Crippen LogP contribution in [0.5, 0.6) is 0 Å². The highest BCUT2D eigenvalue weighted by Crippen LogP contribution is 2.11. The first-order chi connectivity index (χ1) is 9.97. The molecule has 1 amide bonds. The maximum Gasteiger partial charge on any atom is 0.262 e. The van der Waals surface area contributed by atoms with Crippen LogP contribution < -0.4 is 16.2 Å². The fourth-order valence-corrected chi connectivity index (χ4v) is 1.81. The van der Waals surface area contributed by atoms with Gasteiger partial charge in [-0.2, -0.15) is 0 Å². The molecule has 1 rings (SSSR count). The first kappa shape index (κ1) is 17.5. The highest BCUT2D eigenvalue weighted by molar-refractivity contribution is 7.80. The first-order valence-corrected chi connectivity index (χ1v) is 7.53. The molecule has 0 saturated heterocycles. The topological polar surface area (TPSA) is 53.2 Å². The Hall–Kier alpha value is -1.59. The van der Waals surface area contributed by atoms with Gasteiger partial charge >= 0.3 is 0 Å². The highest BCUT2D eigenvalue weighted by Gasteiger charge is 1.99. The van der Waals surface area contributed by atoms with Crippen molar-refractivity contribution in [1.82, 2.24) is 16.2 Å². The fraction of sp³-hybridized carbons (Fsp3) is 0.333. The average Bonchev–Trinajstić information content (AvgIpc) is 2.42. The molecule has 0 fully saturated rings. The Morgan fingerprint density at radius 2 is 2.14 bits per heavy atom. The van der Waals surface area contributed by atoms with Crippen LogP contribution in [-0.4, -0.2) is 17.6 Å². The lowest BCUT2D eigenvalue weighted by Gasteiger charge is -2.11. The minimum atomic E-state index is -0.289. The summed E-state index contributed by atoms with van der Waals surface area (Å²) >= 11 is 10.9. The predicted octanol–water partition coefficient (Wildman–Crippen LogP) is 2.89. The molecule has 6 heteroatoms. The molecular formula is C15H20ClN3OS. The van der Waals surface area contributed by atoms with E-state index < -0.39 is 0 Å². The van der Waals surface area contributed by atoms with Crippen LogP contribution in [-0.2, 0) is 4.79 Å². The number of nitrogens with one attached hydrogen (secondary N) is 3. The standard InChI is InChI=1S/C15H20ClN3OS/c1-11(2)8-9-17-15(21)19-18-14(20)7-6-12-4-3-5-13(16)10-12/h3-7,10-11H,8-9H2,1-2H3,(H,18,20)(H2,17,19,21)/b7-6+. The van der Waals surface area contributed by atoms with Crippen LogP contribution in [0.15, 0.2) is 30.3 Å². The van der Waals surface area contributed by atoms with E-state index in [1.54, 1.807) is 18.2 Å². The number of benzene rings is 1. The summed E-state index contributed by atoms with van der Waals surface area (Å²) in [6.45, 7) is 5.05. The van der Waals surface area contributed by atoms with Gasteiger partial charge in [0.2, 0.25) is 0 Å². The molecule has 0 radical (unpaired) electrons. The van der Waals surface area contributed by atoms with E-state index in [1.165, 1.54) is 6.08 Å². The summed E-state index contributed by atoms with van der Waals surface area (Å²) in [6, 6.07) is 7.24. The summed E-state index contributed by atoms with van der Waals surface area (Å²) in [6.07, 6.45) is 4.11. The smallest absolute Gasteiger partial charge is 0.262 e. The third kappa shape index (κ3) is 8.32. The van der Waals surface area contributed by atoms with Gasteiger partial charge in [0, 0.05) is 17.6 Å². The third-order valence-corrected chi connectivity index (χ3v) is 3.06. The number of carbonyl (C=O) groups excluding carboxylic acids is 1. The van der Waals surface area contributed by atoms with Crippen LogP contribution in [0.4, 0.5) is 0 Å². The summed E-state index contributed by atoms with van der Waals surface area (Å²) in [4.78, 5) is 11.6. The average molecular weight is 326 g/mol. The summed E-state index contributed by atoms with van der Waals surface area (Å²) in [7, 11) is 0. The van der Waals surface area contributed by atoms with Gasteiger partial charge in [0.1, 0.15) is 0 Å². The molecule has 0 atom stereocenters. The quantitative estimate of drug-likeness (QED) is 0.442. The van der Waals surface area contributed by atoms with Gasteiger partial charge in [-0.05, 0) is 48.3 Å². The molecule has 3 N–H and O–H groups in total. The van der Waals surface area contributed by atoms with Gasteiger partial charge < -0.3 is 5.32 Å². The fourth-order valence-electron chi connectivity index (χ4n) is 1.46. The number of amides is 1. The van der Waals surface area contributed by atoms with Crippen molar-refractivity contribution in [2.75, 3.05) is 6.54 Å². The number of hydrogen-bond acceptors (Lipinski definition) is 2. The molecule has 0 aromatic heterocycles. The van der Waals surface area contributed by atoms with Crippen molar-refractivity contribution in [2.45, 2.75) is 20.3 Å². The van der Waals surface area contributed by atoms with E-state index in [-0.39, 0.29) is 5.91 Å². The molecule has 0 aliphatic heterocycles. The Bertz CT molecular complexity index is 517. The number of hydrogen-bond donors (Lipinski definition) is 3. The second-order valence-corrected chi connectivity index (χ2v) is 5.79. The Morgan fingerprint density at radius 1 is 1.38 bits per heavy atom. The third-order valence-electron chi connectivity index (χ3n) is 2.58. The molecule has 114 valence electrons. The van der Waals surface area contributed by atoms with Crippen molar-refractivity contribution in [1.29, 1.82) is 0 Å². The minimum absolute atomic E-state index is 0.289. The Labute approximate surface area is 135 Å². The molecule has 0 bridgehead atoms. The summed E-state index contributed by atoms with van der Waals surface area (Å²) in [5.41, 5.74) is 6.00. The molecule has 4 nitrogen and oxygen atoms in total. The zero-order valence-electron chi connectivity index (χ0n) is 12.2. The Morgan fingerprint density at radius 3 is 2.81 bits per heavy atom. The van der Waals surface area contributed by atoms with Gasteiger partial charge in [0.25, 0.3) is 5.91 Å². The van der Waals surface area contributed by atoms with Crippen LogP contribution in [0.3, 0.4) is 0 Å². The van der Waals surface area contributed by atoms with Crippen molar-refractivity contribution < 1.29 is 4.79 Å². The van der Waals surface area contributed by atoms with E-state index in [0.717, 1.165) is 18.5 Å². The van der Waals surface area contributed by atoms with Crippen LogP contribution in [0.2, 0.25) is 5.02 Å². The number of halogens is 1. The monoisotopic (exact) mass is 325 g/mol. The lowest BCUT2D eigenvalue weighted by molar-refractivity contribution is -0.116. The lowest BCUT2D eigenvalue weighted by Crippen LogP contribution is -2.46. The van der Waals surface area contributed by atoms with Crippen molar-refractivity contribution in [3.05, 3.63) is 40.9 Å². The van der Waals surface area contributed by atoms with Crippen LogP contribution in [0.25, 0.3) is 6.08 Å². The van der Waals surface area contributed by atoms with E-state index >= 15 is 0 Å². The largest absolute Gasteiger partial charge is 0.361 e. The van der Waals surface area contributed by atoms with Crippen molar-refractivity contribution in [3.63, 3.8) is 0 Å². The number of thiocarbonyl (C=S) groups is 1. The van der Waals surface area contributed by atoms with E-state index in [1.807, 2.05) is 12.1 Å². The second kappa shape index (κ2) is 9.37. The predicted molar refractivity (Wildman–Crippen MR) is 91.8 cm³/mol. The summed E-state index contributed by atoms with van der Waals surface area (Å²) in [5.74, 6) is 0.318. The van der Waals surface area contributed by atoms with Crippen LogP contribution in [0, 0.1) is 5.92 Å². The van der Waals surface area contributed by atoms with E-state index in [9.17, 15) is 4.79 Å². The van der Waals surface area contributed by atoms with Crippen molar-refractivity contribution in [3.8, 4) is 0 Å². The zero-order chi connectivity index (χ0) is 15.7. The Kier molecular flexibility index (Phi) is 7.79. The van der Waals surface area contributed by atoms with Gasteiger partial charge in [-0.25, -0.2) is 0 Å². The number of rotatable bonds is 5. The molecule has 0 aliphatic carbocycles. The van der Waals surface area contributed by atoms with E-state index in [2.05, 4.69) is 30.0 Å². The maximum atomic E-state index is 11.6. The molecule has 0 heterocycles. The zero-order valence-corrected chi connectivity index (χ0v) is 13.7. The molecular weight excluding hydrogens is 306 g/mol. The van der Waals surface area contributed by atoms with E-state index in [4.69, 9.17) is 23.8 Å². The Balaban J connectivity index is 2.29. The lowest BCUT2D eigenvalue weighted by atomic mass is 10.1. The maximum absolute atomic E-state index is 11.6. The molecule has 0 unspecified atom stereocenters. The molecule has 0 aliphatic rings. The van der Waals surface area contributed by atoms with Gasteiger partial charge in [0.15, 0.2) is 5.11 Å². The molecule has 0 spiro atoms.